The summed E-state index contributed by atoms with van der Waals surface area (Å²) in [6.07, 6.45) is 3.42. The van der Waals surface area contributed by atoms with E-state index >= 15 is 0 Å². The van der Waals surface area contributed by atoms with Crippen molar-refractivity contribution in [2.45, 2.75) is 32.7 Å². The maximum Gasteiger partial charge on any atom is 0.318 e. The number of carbonyl (C=O) groups excluding carboxylic acids is 1. The van der Waals surface area contributed by atoms with E-state index in [0.717, 1.165) is 17.8 Å². The molecule has 2 amide bonds. The highest BCUT2D eigenvalue weighted by Gasteiger charge is 2.18. The molecule has 0 aliphatic rings. The van der Waals surface area contributed by atoms with E-state index in [1.165, 1.54) is 0 Å². The minimum absolute atomic E-state index is 0.0124. The summed E-state index contributed by atoms with van der Waals surface area (Å²) >= 11 is 1.54. The van der Waals surface area contributed by atoms with Gasteiger partial charge in [0.2, 0.25) is 0 Å². The third-order valence-corrected chi connectivity index (χ3v) is 3.50. The lowest BCUT2D eigenvalue weighted by atomic mass is 10.2. The molecule has 0 radical (unpaired) electrons. The van der Waals surface area contributed by atoms with E-state index in [2.05, 4.69) is 10.3 Å². The zero-order valence-electron chi connectivity index (χ0n) is 10.9. The van der Waals surface area contributed by atoms with Gasteiger partial charge in [0.15, 0.2) is 0 Å². The summed E-state index contributed by atoms with van der Waals surface area (Å²) < 4.78 is 0. The molecule has 0 aliphatic heterocycles. The first kappa shape index (κ1) is 14.9. The fourth-order valence-electron chi connectivity index (χ4n) is 1.69. The fraction of sp³-hybridized carbons (Fsp3) is 0.667. The van der Waals surface area contributed by atoms with E-state index in [9.17, 15) is 4.79 Å². The van der Waals surface area contributed by atoms with Crippen LogP contribution >= 0.6 is 11.3 Å². The number of aromatic nitrogens is 1. The molecule has 0 aromatic carbocycles. The van der Waals surface area contributed by atoms with Gasteiger partial charge in [-0.2, -0.15) is 0 Å². The second-order valence-corrected chi connectivity index (χ2v) is 4.92. The van der Waals surface area contributed by atoms with Crippen molar-refractivity contribution in [1.82, 2.24) is 15.2 Å². The van der Waals surface area contributed by atoms with E-state index in [1.54, 1.807) is 22.4 Å². The van der Waals surface area contributed by atoms with E-state index in [0.29, 0.717) is 13.1 Å². The summed E-state index contributed by atoms with van der Waals surface area (Å²) in [5.41, 5.74) is 0. The molecule has 6 heteroatoms. The van der Waals surface area contributed by atoms with Crippen LogP contribution in [0.25, 0.3) is 0 Å². The van der Waals surface area contributed by atoms with Crippen molar-refractivity contribution in [2.75, 3.05) is 19.7 Å². The Bertz CT molecular complexity index is 337. The molecule has 102 valence electrons. The Morgan fingerprint density at radius 2 is 2.33 bits per heavy atom. The minimum atomic E-state index is -0.132. The highest BCUT2D eigenvalue weighted by Crippen LogP contribution is 2.18. The van der Waals surface area contributed by atoms with Gasteiger partial charge >= 0.3 is 6.03 Å². The largest absolute Gasteiger partial charge is 0.395 e. The maximum absolute atomic E-state index is 12.1. The van der Waals surface area contributed by atoms with Crippen LogP contribution in [0.3, 0.4) is 0 Å². The lowest BCUT2D eigenvalue weighted by molar-refractivity contribution is 0.173. The molecule has 0 spiro atoms. The summed E-state index contributed by atoms with van der Waals surface area (Å²) in [4.78, 5) is 17.9. The van der Waals surface area contributed by atoms with Crippen LogP contribution in [0.2, 0.25) is 0 Å². The highest BCUT2D eigenvalue weighted by molar-refractivity contribution is 7.09. The van der Waals surface area contributed by atoms with Gasteiger partial charge in [-0.1, -0.05) is 13.8 Å². The van der Waals surface area contributed by atoms with Crippen LogP contribution in [-0.4, -0.2) is 40.7 Å². The van der Waals surface area contributed by atoms with Crippen molar-refractivity contribution in [3.05, 3.63) is 16.6 Å². The van der Waals surface area contributed by atoms with Gasteiger partial charge in [-0.15, -0.1) is 11.3 Å². The maximum atomic E-state index is 12.1. The Labute approximate surface area is 112 Å². The quantitative estimate of drug-likeness (QED) is 0.797. The molecule has 0 fully saturated rings. The Balaban J connectivity index is 2.60. The summed E-state index contributed by atoms with van der Waals surface area (Å²) in [5, 5.41) is 14.7. The molecule has 2 N–H and O–H groups in total. The molecule has 0 aliphatic carbocycles. The van der Waals surface area contributed by atoms with Crippen LogP contribution in [0.15, 0.2) is 11.6 Å². The topological polar surface area (TPSA) is 65.5 Å². The summed E-state index contributed by atoms with van der Waals surface area (Å²) in [6, 6.07) is -0.177. The lowest BCUT2D eigenvalue weighted by Gasteiger charge is -2.24. The molecular weight excluding hydrogens is 250 g/mol. The fourth-order valence-corrected chi connectivity index (χ4v) is 2.46. The van der Waals surface area contributed by atoms with E-state index in [-0.39, 0.29) is 18.7 Å². The van der Waals surface area contributed by atoms with Crippen LogP contribution in [-0.2, 0) is 0 Å². The van der Waals surface area contributed by atoms with Gasteiger partial charge < -0.3 is 15.3 Å². The first-order valence-electron chi connectivity index (χ1n) is 6.28. The smallest absolute Gasteiger partial charge is 0.318 e. The highest BCUT2D eigenvalue weighted by atomic mass is 32.1. The molecule has 0 bridgehead atoms. The number of nitrogens with one attached hydrogen (secondary N) is 1. The molecule has 0 saturated heterocycles. The van der Waals surface area contributed by atoms with Gasteiger partial charge in [0.25, 0.3) is 0 Å². The average molecular weight is 271 g/mol. The average Bonchev–Trinajstić information content (AvgIpc) is 2.89. The molecular formula is C12H21N3O2S. The first-order chi connectivity index (χ1) is 8.72. The Hall–Kier alpha value is -1.14. The van der Waals surface area contributed by atoms with Crippen molar-refractivity contribution in [1.29, 1.82) is 0 Å². The second-order valence-electron chi connectivity index (χ2n) is 3.99. The normalized spacial score (nSPS) is 12.2. The predicted octanol–water partition coefficient (Wildman–Crippen LogP) is 2.01. The van der Waals surface area contributed by atoms with Crippen molar-refractivity contribution >= 4 is 17.4 Å². The SMILES string of the molecule is CCCN(CCO)C(=O)NC(CC)c1nccs1. The number of aliphatic hydroxyl groups is 1. The van der Waals surface area contributed by atoms with Crippen LogP contribution < -0.4 is 5.32 Å². The zero-order chi connectivity index (χ0) is 13.4. The number of hydrogen-bond donors (Lipinski definition) is 2. The van der Waals surface area contributed by atoms with Crippen LogP contribution in [0.5, 0.6) is 0 Å². The van der Waals surface area contributed by atoms with Gasteiger partial charge in [0.1, 0.15) is 5.01 Å². The van der Waals surface area contributed by atoms with Gasteiger partial charge in [-0.05, 0) is 12.8 Å². The first-order valence-corrected chi connectivity index (χ1v) is 7.16. The van der Waals surface area contributed by atoms with Crippen LogP contribution in [0, 0.1) is 0 Å². The second kappa shape index (κ2) is 8.05. The number of aliphatic hydroxyl groups excluding tert-OH is 1. The summed E-state index contributed by atoms with van der Waals surface area (Å²) in [7, 11) is 0. The monoisotopic (exact) mass is 271 g/mol. The number of urea groups is 1. The summed E-state index contributed by atoms with van der Waals surface area (Å²) in [5.74, 6) is 0. The molecule has 0 saturated carbocycles. The van der Waals surface area contributed by atoms with E-state index in [4.69, 9.17) is 5.11 Å². The van der Waals surface area contributed by atoms with E-state index in [1.807, 2.05) is 19.2 Å². The number of thiazole rings is 1. The molecule has 5 nitrogen and oxygen atoms in total. The molecule has 1 aromatic heterocycles. The Kier molecular flexibility index (Phi) is 6.67. The number of amides is 2. The van der Waals surface area contributed by atoms with Crippen molar-refractivity contribution in [3.8, 4) is 0 Å². The van der Waals surface area contributed by atoms with Crippen LogP contribution in [0.1, 0.15) is 37.7 Å². The van der Waals surface area contributed by atoms with E-state index < -0.39 is 0 Å². The molecule has 18 heavy (non-hydrogen) atoms. The van der Waals surface area contributed by atoms with Gasteiger partial charge in [-0.25, -0.2) is 9.78 Å². The third-order valence-electron chi connectivity index (χ3n) is 2.61. The number of hydrogen-bond acceptors (Lipinski definition) is 4. The Morgan fingerprint density at radius 3 is 2.83 bits per heavy atom. The van der Waals surface area contributed by atoms with Crippen molar-refractivity contribution in [2.24, 2.45) is 0 Å². The number of rotatable bonds is 7. The molecule has 1 aromatic rings. The Morgan fingerprint density at radius 1 is 1.56 bits per heavy atom. The van der Waals surface area contributed by atoms with Crippen molar-refractivity contribution in [3.63, 3.8) is 0 Å². The predicted molar refractivity (Wildman–Crippen MR) is 72.6 cm³/mol. The summed E-state index contributed by atoms with van der Waals surface area (Å²) in [6.45, 7) is 5.04. The van der Waals surface area contributed by atoms with Gasteiger partial charge in [0, 0.05) is 24.7 Å². The van der Waals surface area contributed by atoms with Crippen molar-refractivity contribution < 1.29 is 9.90 Å². The number of carbonyl (C=O) groups is 1. The minimum Gasteiger partial charge on any atom is -0.395 e. The molecule has 1 atom stereocenters. The molecule has 1 heterocycles. The third kappa shape index (κ3) is 4.27. The lowest BCUT2D eigenvalue weighted by Crippen LogP contribution is -2.43. The standard InChI is InChI=1S/C12H21N3O2S/c1-3-6-15(7-8-16)12(17)14-10(4-2)11-13-5-9-18-11/h5,9-10,16H,3-4,6-8H2,1-2H3,(H,14,17). The van der Waals surface area contributed by atoms with Gasteiger partial charge in [-0.3, -0.25) is 0 Å². The number of nitrogens with zero attached hydrogens (tertiary/aromatic N) is 2. The van der Waals surface area contributed by atoms with Crippen LogP contribution in [0.4, 0.5) is 4.79 Å². The molecule has 1 rings (SSSR count). The molecule has 1 unspecified atom stereocenters. The van der Waals surface area contributed by atoms with Gasteiger partial charge in [0.05, 0.1) is 12.6 Å². The zero-order valence-corrected chi connectivity index (χ0v) is 11.7.